The highest BCUT2D eigenvalue weighted by atomic mass is 79.9. The Morgan fingerprint density at radius 2 is 2.00 bits per heavy atom. The average Bonchev–Trinajstić information content (AvgIpc) is 2.42. The molecule has 0 unspecified atom stereocenters. The van der Waals surface area contributed by atoms with E-state index in [2.05, 4.69) is 25.9 Å². The van der Waals surface area contributed by atoms with Gasteiger partial charge in [0.25, 0.3) is 0 Å². The quantitative estimate of drug-likeness (QED) is 0.801. The summed E-state index contributed by atoms with van der Waals surface area (Å²) >= 11 is 9.05. The van der Waals surface area contributed by atoms with Gasteiger partial charge < -0.3 is 9.47 Å². The van der Waals surface area contributed by atoms with E-state index < -0.39 is 0 Å². The highest BCUT2D eigenvalue weighted by Gasteiger charge is 2.06. The molecule has 0 amide bonds. The van der Waals surface area contributed by atoms with Gasteiger partial charge in [-0.05, 0) is 34.1 Å². The van der Waals surface area contributed by atoms with Crippen LogP contribution in [0, 0.1) is 0 Å². The maximum atomic E-state index is 5.66. The van der Waals surface area contributed by atoms with Gasteiger partial charge in [-0.1, -0.05) is 0 Å². The Bertz CT molecular complexity index is 534. The number of methoxy groups -OCH3 is 1. The molecule has 2 aromatic rings. The van der Waals surface area contributed by atoms with E-state index in [-0.39, 0.29) is 6.01 Å². The Kier molecular flexibility index (Phi) is 4.38. The molecular weight excluding hydrogens is 320 g/mol. The first-order chi connectivity index (χ1) is 8.72. The fourth-order valence-corrected chi connectivity index (χ4v) is 1.83. The van der Waals surface area contributed by atoms with Crippen molar-refractivity contribution in [2.45, 2.75) is 5.88 Å². The van der Waals surface area contributed by atoms with Crippen molar-refractivity contribution in [2.24, 2.45) is 0 Å². The number of halogens is 2. The Morgan fingerprint density at radius 3 is 2.56 bits per heavy atom. The fourth-order valence-electron chi connectivity index (χ4n) is 1.25. The number of benzene rings is 1. The third-order valence-electron chi connectivity index (χ3n) is 2.18. The molecule has 0 aliphatic heterocycles. The Hall–Kier alpha value is -1.33. The normalized spacial score (nSPS) is 10.2. The van der Waals surface area contributed by atoms with Gasteiger partial charge in [-0.2, -0.15) is 0 Å². The van der Waals surface area contributed by atoms with Crippen LogP contribution in [0.2, 0.25) is 0 Å². The Balaban J connectivity index is 2.17. The summed E-state index contributed by atoms with van der Waals surface area (Å²) in [7, 11) is 1.61. The topological polar surface area (TPSA) is 44.2 Å². The fraction of sp³-hybridized carbons (Fsp3) is 0.167. The minimum Gasteiger partial charge on any atom is -0.497 e. The summed E-state index contributed by atoms with van der Waals surface area (Å²) in [4.78, 5) is 8.12. The zero-order valence-electron chi connectivity index (χ0n) is 9.56. The molecule has 0 N–H and O–H groups in total. The largest absolute Gasteiger partial charge is 0.497 e. The third kappa shape index (κ3) is 3.11. The highest BCUT2D eigenvalue weighted by Crippen LogP contribution is 2.31. The Labute approximate surface area is 118 Å². The zero-order chi connectivity index (χ0) is 13.0. The molecule has 0 saturated carbocycles. The maximum Gasteiger partial charge on any atom is 0.321 e. The van der Waals surface area contributed by atoms with E-state index >= 15 is 0 Å². The van der Waals surface area contributed by atoms with Crippen LogP contribution >= 0.6 is 27.5 Å². The lowest BCUT2D eigenvalue weighted by Gasteiger charge is -2.07. The van der Waals surface area contributed by atoms with Crippen molar-refractivity contribution in [3.63, 3.8) is 0 Å². The molecule has 2 rings (SSSR count). The summed E-state index contributed by atoms with van der Waals surface area (Å²) in [5, 5.41) is 0. The van der Waals surface area contributed by atoms with Crippen LogP contribution in [0.1, 0.15) is 5.56 Å². The van der Waals surface area contributed by atoms with Gasteiger partial charge in [0.05, 0.1) is 17.5 Å². The van der Waals surface area contributed by atoms with Crippen molar-refractivity contribution in [3.8, 4) is 17.5 Å². The summed E-state index contributed by atoms with van der Waals surface area (Å²) in [5.74, 6) is 1.74. The number of aromatic nitrogens is 2. The van der Waals surface area contributed by atoms with Gasteiger partial charge in [0, 0.05) is 18.0 Å². The second-order valence-electron chi connectivity index (χ2n) is 3.41. The van der Waals surface area contributed by atoms with Gasteiger partial charge in [0.2, 0.25) is 0 Å². The number of rotatable bonds is 4. The molecule has 0 aliphatic rings. The van der Waals surface area contributed by atoms with Crippen LogP contribution in [0.25, 0.3) is 0 Å². The molecule has 4 nitrogen and oxygen atoms in total. The van der Waals surface area contributed by atoms with Gasteiger partial charge >= 0.3 is 6.01 Å². The number of ether oxygens (including phenoxy) is 2. The molecule has 0 spiro atoms. The first-order valence-electron chi connectivity index (χ1n) is 5.11. The highest BCUT2D eigenvalue weighted by molar-refractivity contribution is 9.10. The maximum absolute atomic E-state index is 5.66. The van der Waals surface area contributed by atoms with Crippen molar-refractivity contribution >= 4 is 27.5 Å². The first-order valence-corrected chi connectivity index (χ1v) is 6.44. The van der Waals surface area contributed by atoms with Gasteiger partial charge in [0.15, 0.2) is 0 Å². The summed E-state index contributed by atoms with van der Waals surface area (Å²) in [6.45, 7) is 0. The average molecular weight is 330 g/mol. The molecule has 6 heteroatoms. The van der Waals surface area contributed by atoms with Gasteiger partial charge in [0.1, 0.15) is 11.5 Å². The number of hydrogen-bond acceptors (Lipinski definition) is 4. The SMILES string of the molecule is COc1ccc(Oc2ncc(CCl)cn2)c(Br)c1. The van der Waals surface area contributed by atoms with Crippen LogP contribution < -0.4 is 9.47 Å². The van der Waals surface area contributed by atoms with Crippen LogP contribution in [-0.4, -0.2) is 17.1 Å². The molecule has 0 bridgehead atoms. The van der Waals surface area contributed by atoms with E-state index in [1.54, 1.807) is 31.6 Å². The molecule has 1 heterocycles. The van der Waals surface area contributed by atoms with Crippen molar-refractivity contribution < 1.29 is 9.47 Å². The summed E-state index contributed by atoms with van der Waals surface area (Å²) < 4.78 is 11.4. The third-order valence-corrected chi connectivity index (χ3v) is 3.10. The Morgan fingerprint density at radius 1 is 1.28 bits per heavy atom. The van der Waals surface area contributed by atoms with E-state index in [4.69, 9.17) is 21.1 Å². The van der Waals surface area contributed by atoms with E-state index in [1.165, 1.54) is 0 Å². The first kappa shape index (κ1) is 13.1. The van der Waals surface area contributed by atoms with Gasteiger partial charge in [-0.3, -0.25) is 0 Å². The summed E-state index contributed by atoms with van der Waals surface area (Å²) in [6.07, 6.45) is 3.26. The minimum absolute atomic E-state index is 0.273. The number of hydrogen-bond donors (Lipinski definition) is 0. The van der Waals surface area contributed by atoms with Crippen molar-refractivity contribution in [2.75, 3.05) is 7.11 Å². The van der Waals surface area contributed by atoms with Crippen molar-refractivity contribution in [1.29, 1.82) is 0 Å². The second-order valence-corrected chi connectivity index (χ2v) is 4.53. The smallest absolute Gasteiger partial charge is 0.321 e. The molecule has 0 atom stereocenters. The zero-order valence-corrected chi connectivity index (χ0v) is 11.9. The second kappa shape index (κ2) is 6.02. The molecule has 0 saturated heterocycles. The van der Waals surface area contributed by atoms with Crippen LogP contribution in [0.5, 0.6) is 17.5 Å². The van der Waals surface area contributed by atoms with E-state index in [9.17, 15) is 0 Å². The lowest BCUT2D eigenvalue weighted by atomic mass is 10.3. The predicted molar refractivity (Wildman–Crippen MR) is 72.4 cm³/mol. The van der Waals surface area contributed by atoms with Gasteiger partial charge in [-0.25, -0.2) is 9.97 Å². The molecule has 1 aromatic carbocycles. The molecule has 18 heavy (non-hydrogen) atoms. The predicted octanol–water partition coefficient (Wildman–Crippen LogP) is 3.78. The monoisotopic (exact) mass is 328 g/mol. The molecule has 1 aromatic heterocycles. The van der Waals surface area contributed by atoms with Gasteiger partial charge in [-0.15, -0.1) is 11.6 Å². The molecule has 94 valence electrons. The van der Waals surface area contributed by atoms with Crippen LogP contribution in [0.3, 0.4) is 0 Å². The van der Waals surface area contributed by atoms with E-state index in [1.807, 2.05) is 6.07 Å². The van der Waals surface area contributed by atoms with Crippen LogP contribution in [0.4, 0.5) is 0 Å². The molecule has 0 radical (unpaired) electrons. The number of nitrogens with zero attached hydrogens (tertiary/aromatic N) is 2. The summed E-state index contributed by atoms with van der Waals surface area (Å²) in [6, 6.07) is 5.66. The van der Waals surface area contributed by atoms with Crippen molar-refractivity contribution in [1.82, 2.24) is 9.97 Å². The lowest BCUT2D eigenvalue weighted by Crippen LogP contribution is -1.93. The molecule has 0 aliphatic carbocycles. The molecule has 0 fully saturated rings. The van der Waals surface area contributed by atoms with E-state index in [0.29, 0.717) is 11.6 Å². The number of alkyl halides is 1. The van der Waals surface area contributed by atoms with Crippen LogP contribution in [-0.2, 0) is 5.88 Å². The molecular formula is C12H10BrClN2O2. The lowest BCUT2D eigenvalue weighted by molar-refractivity contribution is 0.409. The van der Waals surface area contributed by atoms with E-state index in [0.717, 1.165) is 15.8 Å². The standard InChI is InChI=1S/C12H10BrClN2O2/c1-17-9-2-3-11(10(13)4-9)18-12-15-6-8(5-14)7-16-12/h2-4,6-7H,5H2,1H3. The minimum atomic E-state index is 0.273. The van der Waals surface area contributed by atoms with Crippen molar-refractivity contribution in [3.05, 3.63) is 40.6 Å². The van der Waals surface area contributed by atoms with Crippen LogP contribution in [0.15, 0.2) is 35.1 Å². The summed E-state index contributed by atoms with van der Waals surface area (Å²) in [5.41, 5.74) is 0.845.